The molecule has 0 unspecified atom stereocenters. The Morgan fingerprint density at radius 3 is 0.766 bits per heavy atom. The van der Waals surface area contributed by atoms with Crippen LogP contribution < -0.4 is 0 Å². The quantitative estimate of drug-likeness (QED) is 0.0344. The van der Waals surface area contributed by atoms with Gasteiger partial charge in [-0.3, -0.25) is 14.4 Å². The van der Waals surface area contributed by atoms with Crippen LogP contribution in [-0.4, -0.2) is 37.2 Å². The smallest absolute Gasteiger partial charge is 0.306 e. The van der Waals surface area contributed by atoms with Crippen molar-refractivity contribution in [3.8, 4) is 0 Å². The third kappa shape index (κ3) is 51.4. The molecule has 0 aliphatic rings. The molecule has 0 bridgehead atoms. The summed E-state index contributed by atoms with van der Waals surface area (Å²) in [6.45, 7) is 9.06. The Morgan fingerprint density at radius 2 is 0.516 bits per heavy atom. The van der Waals surface area contributed by atoms with E-state index >= 15 is 0 Å². The molecular formula is C58H112O6. The number of unbranched alkanes of at least 4 members (excludes halogenated alkanes) is 40. The van der Waals surface area contributed by atoms with E-state index < -0.39 is 6.10 Å². The van der Waals surface area contributed by atoms with Gasteiger partial charge >= 0.3 is 17.9 Å². The Balaban J connectivity index is 4.28. The van der Waals surface area contributed by atoms with E-state index in [9.17, 15) is 14.4 Å². The first-order valence-corrected chi connectivity index (χ1v) is 28.9. The monoisotopic (exact) mass is 905 g/mol. The number of hydrogen-bond acceptors (Lipinski definition) is 6. The first-order chi connectivity index (χ1) is 31.4. The summed E-state index contributed by atoms with van der Waals surface area (Å²) in [6, 6.07) is 0. The zero-order valence-electron chi connectivity index (χ0n) is 43.8. The highest BCUT2D eigenvalue weighted by atomic mass is 16.6. The zero-order valence-corrected chi connectivity index (χ0v) is 43.8. The summed E-state index contributed by atoms with van der Waals surface area (Å²) in [4.78, 5) is 38.1. The molecule has 0 aromatic heterocycles. The highest BCUT2D eigenvalue weighted by Gasteiger charge is 2.19. The van der Waals surface area contributed by atoms with Gasteiger partial charge in [-0.05, 0) is 25.2 Å². The fourth-order valence-electron chi connectivity index (χ4n) is 8.92. The van der Waals surface area contributed by atoms with Crippen molar-refractivity contribution in [3.63, 3.8) is 0 Å². The normalized spacial score (nSPS) is 12.0. The second-order valence-electron chi connectivity index (χ2n) is 20.4. The van der Waals surface area contributed by atoms with Gasteiger partial charge in [-0.15, -0.1) is 0 Å². The number of rotatable bonds is 53. The van der Waals surface area contributed by atoms with E-state index in [1.807, 2.05) is 0 Å². The lowest BCUT2D eigenvalue weighted by atomic mass is 10.0. The van der Waals surface area contributed by atoms with Crippen molar-refractivity contribution in [1.82, 2.24) is 0 Å². The second kappa shape index (κ2) is 52.4. The van der Waals surface area contributed by atoms with Gasteiger partial charge in [-0.2, -0.15) is 0 Å². The lowest BCUT2D eigenvalue weighted by molar-refractivity contribution is -0.167. The molecule has 0 fully saturated rings. The van der Waals surface area contributed by atoms with Crippen LogP contribution in [0.4, 0.5) is 0 Å². The Morgan fingerprint density at radius 1 is 0.297 bits per heavy atom. The van der Waals surface area contributed by atoms with Crippen LogP contribution in [0.15, 0.2) is 0 Å². The number of ether oxygens (including phenoxy) is 3. The van der Waals surface area contributed by atoms with Crippen molar-refractivity contribution in [1.29, 1.82) is 0 Å². The van der Waals surface area contributed by atoms with Crippen LogP contribution in [0.1, 0.15) is 329 Å². The third-order valence-electron chi connectivity index (χ3n) is 13.3. The summed E-state index contributed by atoms with van der Waals surface area (Å²) >= 11 is 0. The predicted octanol–water partition coefficient (Wildman–Crippen LogP) is 19.0. The average molecular weight is 906 g/mol. The van der Waals surface area contributed by atoms with Gasteiger partial charge in [-0.1, -0.05) is 291 Å². The molecular weight excluding hydrogens is 793 g/mol. The minimum atomic E-state index is -0.762. The first kappa shape index (κ1) is 62.4. The second-order valence-corrected chi connectivity index (χ2v) is 20.4. The van der Waals surface area contributed by atoms with Crippen LogP contribution in [0.3, 0.4) is 0 Å². The predicted molar refractivity (Wildman–Crippen MR) is 275 cm³/mol. The SMILES string of the molecule is CCCCCCCCCCCCCCCCCCCCC(=O)OC[C@@H](COC(=O)CCCCCCCCCCCCCCC)OC(=O)CCCCCCCCCCCCCCC(C)C. The van der Waals surface area contributed by atoms with Gasteiger partial charge in [0.1, 0.15) is 13.2 Å². The van der Waals surface area contributed by atoms with Crippen molar-refractivity contribution in [2.75, 3.05) is 13.2 Å². The number of carbonyl (C=O) groups excluding carboxylic acids is 3. The minimum Gasteiger partial charge on any atom is -0.462 e. The Hall–Kier alpha value is -1.59. The van der Waals surface area contributed by atoms with E-state index in [1.165, 1.54) is 225 Å². The molecule has 0 radical (unpaired) electrons. The molecule has 0 N–H and O–H groups in total. The van der Waals surface area contributed by atoms with Gasteiger partial charge in [0.05, 0.1) is 0 Å². The summed E-state index contributed by atoms with van der Waals surface area (Å²) in [5.41, 5.74) is 0. The molecule has 1 atom stereocenters. The van der Waals surface area contributed by atoms with Gasteiger partial charge in [0.2, 0.25) is 0 Å². The van der Waals surface area contributed by atoms with E-state index in [1.54, 1.807) is 0 Å². The largest absolute Gasteiger partial charge is 0.462 e. The highest BCUT2D eigenvalue weighted by molar-refractivity contribution is 5.71. The fraction of sp³-hybridized carbons (Fsp3) is 0.948. The van der Waals surface area contributed by atoms with Crippen molar-refractivity contribution in [3.05, 3.63) is 0 Å². The number of esters is 3. The summed E-state index contributed by atoms with van der Waals surface area (Å²) < 4.78 is 16.9. The average Bonchev–Trinajstić information content (AvgIpc) is 3.28. The van der Waals surface area contributed by atoms with Gasteiger partial charge in [0.15, 0.2) is 6.10 Å². The third-order valence-corrected chi connectivity index (χ3v) is 13.3. The molecule has 6 heteroatoms. The minimum absolute atomic E-state index is 0.0619. The van der Waals surface area contributed by atoms with Crippen molar-refractivity contribution in [2.24, 2.45) is 5.92 Å². The van der Waals surface area contributed by atoms with Crippen LogP contribution in [-0.2, 0) is 28.6 Å². The van der Waals surface area contributed by atoms with Crippen LogP contribution in [0.5, 0.6) is 0 Å². The van der Waals surface area contributed by atoms with Crippen LogP contribution in [0.25, 0.3) is 0 Å². The molecule has 0 aromatic carbocycles. The van der Waals surface area contributed by atoms with Crippen LogP contribution in [0.2, 0.25) is 0 Å². The highest BCUT2D eigenvalue weighted by Crippen LogP contribution is 2.18. The fourth-order valence-corrected chi connectivity index (χ4v) is 8.92. The van der Waals surface area contributed by atoms with Gasteiger partial charge in [0.25, 0.3) is 0 Å². The Bertz CT molecular complexity index is 964. The Labute approximate surface area is 399 Å². The topological polar surface area (TPSA) is 78.9 Å². The van der Waals surface area contributed by atoms with E-state index in [0.717, 1.165) is 63.7 Å². The summed E-state index contributed by atoms with van der Waals surface area (Å²) in [5, 5.41) is 0. The summed E-state index contributed by atoms with van der Waals surface area (Å²) in [7, 11) is 0. The summed E-state index contributed by atoms with van der Waals surface area (Å²) in [6.07, 6.45) is 56.6. The number of carbonyl (C=O) groups is 3. The molecule has 0 rings (SSSR count). The molecule has 0 saturated heterocycles. The molecule has 0 spiro atoms. The molecule has 6 nitrogen and oxygen atoms in total. The molecule has 0 aliphatic carbocycles. The maximum Gasteiger partial charge on any atom is 0.306 e. The zero-order chi connectivity index (χ0) is 46.7. The maximum absolute atomic E-state index is 12.8. The molecule has 0 aliphatic heterocycles. The van der Waals surface area contributed by atoms with Crippen molar-refractivity contribution >= 4 is 17.9 Å². The van der Waals surface area contributed by atoms with E-state index in [4.69, 9.17) is 14.2 Å². The molecule has 0 saturated carbocycles. The van der Waals surface area contributed by atoms with Crippen molar-refractivity contribution < 1.29 is 28.6 Å². The summed E-state index contributed by atoms with van der Waals surface area (Å²) in [5.74, 6) is -0.00383. The maximum atomic E-state index is 12.8. The first-order valence-electron chi connectivity index (χ1n) is 28.9. The van der Waals surface area contributed by atoms with E-state index in [2.05, 4.69) is 27.7 Å². The lowest BCUT2D eigenvalue weighted by Gasteiger charge is -2.18. The van der Waals surface area contributed by atoms with Gasteiger partial charge < -0.3 is 14.2 Å². The lowest BCUT2D eigenvalue weighted by Crippen LogP contribution is -2.30. The Kier molecular flexibility index (Phi) is 51.1. The van der Waals surface area contributed by atoms with E-state index in [0.29, 0.717) is 19.3 Å². The van der Waals surface area contributed by atoms with Crippen LogP contribution in [0, 0.1) is 5.92 Å². The van der Waals surface area contributed by atoms with Gasteiger partial charge in [-0.25, -0.2) is 0 Å². The van der Waals surface area contributed by atoms with Crippen molar-refractivity contribution in [2.45, 2.75) is 336 Å². The molecule has 64 heavy (non-hydrogen) atoms. The molecule has 0 aromatic rings. The number of hydrogen-bond donors (Lipinski definition) is 0. The standard InChI is InChI=1S/C58H112O6/c1-5-7-9-11-13-15-17-19-20-21-22-23-25-30-34-38-42-46-50-57(60)63-53-55(52-62-56(59)49-45-41-37-33-29-24-18-16-14-12-10-8-6-2)64-58(61)51-47-43-39-35-31-27-26-28-32-36-40-44-48-54(3)4/h54-55H,5-53H2,1-4H3/t55-/m1/s1. The molecule has 0 amide bonds. The molecule has 380 valence electrons. The van der Waals surface area contributed by atoms with Gasteiger partial charge in [0, 0.05) is 19.3 Å². The van der Waals surface area contributed by atoms with E-state index in [-0.39, 0.29) is 31.1 Å². The molecule has 0 heterocycles. The van der Waals surface area contributed by atoms with Crippen LogP contribution >= 0.6 is 0 Å².